The molecule has 0 radical (unpaired) electrons. The monoisotopic (exact) mass is 518 g/mol. The molecule has 3 N–H and O–H groups in total. The maximum Gasteiger partial charge on any atom is 0.231 e. The van der Waals surface area contributed by atoms with Gasteiger partial charge in [0.1, 0.15) is 11.4 Å². The van der Waals surface area contributed by atoms with Crippen LogP contribution in [0.5, 0.6) is 5.75 Å². The average Bonchev–Trinajstić information content (AvgIpc) is 3.61. The van der Waals surface area contributed by atoms with Crippen molar-refractivity contribution >= 4 is 29.4 Å². The topological polar surface area (TPSA) is 106 Å². The van der Waals surface area contributed by atoms with Gasteiger partial charge in [-0.1, -0.05) is 37.6 Å². The van der Waals surface area contributed by atoms with E-state index in [9.17, 15) is 9.59 Å². The van der Waals surface area contributed by atoms with Crippen LogP contribution in [0.3, 0.4) is 0 Å². The highest BCUT2D eigenvalue weighted by atomic mass is 35.5. The lowest BCUT2D eigenvalue weighted by molar-refractivity contribution is -0.133. The number of guanidine groups is 1. The average molecular weight is 519 g/mol. The number of carbonyl (C=O) groups is 2. The van der Waals surface area contributed by atoms with Gasteiger partial charge in [-0.2, -0.15) is 0 Å². The molecule has 0 bridgehead atoms. The Morgan fingerprint density at radius 2 is 2.08 bits per heavy atom. The summed E-state index contributed by atoms with van der Waals surface area (Å²) in [6, 6.07) is 5.19. The Kier molecular flexibility index (Phi) is 7.58. The van der Waals surface area contributed by atoms with Crippen molar-refractivity contribution in [2.24, 2.45) is 22.6 Å². The normalized spacial score (nSPS) is 26.9. The van der Waals surface area contributed by atoms with Crippen LogP contribution in [-0.4, -0.2) is 53.6 Å². The van der Waals surface area contributed by atoms with Gasteiger partial charge in [-0.3, -0.25) is 14.5 Å². The van der Waals surface area contributed by atoms with Crippen LogP contribution in [-0.2, 0) is 14.3 Å². The van der Waals surface area contributed by atoms with Crippen LogP contribution in [0.1, 0.15) is 77.8 Å². The zero-order chi connectivity index (χ0) is 26.3. The number of ether oxygens (including phenoxy) is 2. The first-order chi connectivity index (χ1) is 17.0. The Bertz CT molecular complexity index is 1040. The summed E-state index contributed by atoms with van der Waals surface area (Å²) in [6.07, 6.45) is 3.78. The third-order valence-corrected chi connectivity index (χ3v) is 8.34. The van der Waals surface area contributed by atoms with Gasteiger partial charge in [0, 0.05) is 37.7 Å². The first-order valence-corrected chi connectivity index (χ1v) is 13.4. The minimum absolute atomic E-state index is 0.000264. The predicted octanol–water partition coefficient (Wildman–Crippen LogP) is 4.21. The third kappa shape index (κ3) is 5.21. The fraction of sp³-hybridized carbons (Fsp3) is 0.667. The van der Waals surface area contributed by atoms with Gasteiger partial charge in [-0.05, 0) is 51.5 Å². The number of halogens is 1. The van der Waals surface area contributed by atoms with E-state index in [1.54, 1.807) is 18.1 Å². The minimum Gasteiger partial charge on any atom is -0.486 e. The predicted molar refractivity (Wildman–Crippen MR) is 140 cm³/mol. The molecule has 0 spiro atoms. The number of nitrogens with one attached hydrogen (secondary N) is 1. The van der Waals surface area contributed by atoms with Crippen LogP contribution in [0.4, 0.5) is 0 Å². The molecule has 1 saturated carbocycles. The van der Waals surface area contributed by atoms with Crippen molar-refractivity contribution in [3.63, 3.8) is 0 Å². The number of hydrogen-bond acceptors (Lipinski definition) is 6. The van der Waals surface area contributed by atoms with E-state index in [1.807, 2.05) is 39.8 Å². The molecule has 36 heavy (non-hydrogen) atoms. The molecule has 2 aliphatic heterocycles. The Morgan fingerprint density at radius 1 is 1.36 bits per heavy atom. The molecule has 1 aliphatic carbocycles. The molecule has 4 rings (SSSR count). The summed E-state index contributed by atoms with van der Waals surface area (Å²) in [6.45, 7) is 8.54. The summed E-state index contributed by atoms with van der Waals surface area (Å²) < 4.78 is 11.5. The van der Waals surface area contributed by atoms with E-state index in [0.717, 1.165) is 18.4 Å². The Hall–Kier alpha value is -2.32. The summed E-state index contributed by atoms with van der Waals surface area (Å²) in [5, 5.41) is 3.78. The standard InChI is InChI=1S/C27H39ClN4O4/c1-6-27(7-2)15-22(33)32(25(29)31-27)21(11-12-35-5)17-13-18(17)24(34)30-20-14-26(3,4)36-23-16(20)9-8-10-19(23)28/h8-10,17-18,20-21H,6-7,11-15H2,1-5H3,(H2,29,31)(H,30,34)/t17?,18?,20-,21?/m0/s1. The van der Waals surface area contributed by atoms with Crippen LogP contribution >= 0.6 is 11.6 Å². The molecule has 2 amide bonds. The second-order valence-electron chi connectivity index (χ2n) is 11.0. The minimum atomic E-state index is -0.462. The van der Waals surface area contributed by atoms with Gasteiger partial charge in [-0.25, -0.2) is 4.99 Å². The van der Waals surface area contributed by atoms with Crippen molar-refractivity contribution in [2.75, 3.05) is 13.7 Å². The molecule has 3 unspecified atom stereocenters. The molecule has 0 aromatic heterocycles. The molecule has 1 fully saturated rings. The SMILES string of the molecule is CCC1(CC)CC(=O)N(C(CCOC)C2CC2C(=O)N[C@H]2CC(C)(C)Oc3c(Cl)cccc32)C(N)=N1. The third-order valence-electron chi connectivity index (χ3n) is 8.05. The van der Waals surface area contributed by atoms with Gasteiger partial charge < -0.3 is 20.5 Å². The quantitative estimate of drug-likeness (QED) is 0.509. The molecular formula is C27H39ClN4O4. The zero-order valence-corrected chi connectivity index (χ0v) is 22.7. The maximum absolute atomic E-state index is 13.4. The fourth-order valence-electron chi connectivity index (χ4n) is 5.79. The second kappa shape index (κ2) is 10.2. The van der Waals surface area contributed by atoms with E-state index in [4.69, 9.17) is 31.8 Å². The van der Waals surface area contributed by atoms with E-state index in [2.05, 4.69) is 5.32 Å². The fourth-order valence-corrected chi connectivity index (χ4v) is 6.01. The van der Waals surface area contributed by atoms with Gasteiger partial charge in [0.25, 0.3) is 0 Å². The number of methoxy groups -OCH3 is 1. The molecule has 1 aromatic rings. The second-order valence-corrected chi connectivity index (χ2v) is 11.4. The number of hydrogen-bond donors (Lipinski definition) is 2. The van der Waals surface area contributed by atoms with Gasteiger partial charge in [0.2, 0.25) is 11.8 Å². The van der Waals surface area contributed by atoms with Gasteiger partial charge in [0.15, 0.2) is 5.96 Å². The van der Waals surface area contributed by atoms with E-state index in [-0.39, 0.29) is 41.7 Å². The van der Waals surface area contributed by atoms with Crippen molar-refractivity contribution < 1.29 is 19.1 Å². The summed E-state index contributed by atoms with van der Waals surface area (Å²) in [5.41, 5.74) is 6.38. The highest BCUT2D eigenvalue weighted by molar-refractivity contribution is 6.32. The van der Waals surface area contributed by atoms with Crippen LogP contribution in [0.25, 0.3) is 0 Å². The van der Waals surface area contributed by atoms with Crippen molar-refractivity contribution in [2.45, 2.75) is 89.4 Å². The number of carbonyl (C=O) groups excluding carboxylic acids is 2. The van der Waals surface area contributed by atoms with Crippen molar-refractivity contribution in [3.05, 3.63) is 28.8 Å². The number of aliphatic imine (C=N–C) groups is 1. The molecule has 2 heterocycles. The highest BCUT2D eigenvalue weighted by Gasteiger charge is 2.53. The number of nitrogens with two attached hydrogens (primary N) is 1. The summed E-state index contributed by atoms with van der Waals surface area (Å²) >= 11 is 6.40. The number of rotatable bonds is 9. The largest absolute Gasteiger partial charge is 0.486 e. The molecule has 8 nitrogen and oxygen atoms in total. The molecule has 4 atom stereocenters. The summed E-state index contributed by atoms with van der Waals surface area (Å²) in [5.74, 6) is 0.645. The van der Waals surface area contributed by atoms with Crippen molar-refractivity contribution in [1.29, 1.82) is 0 Å². The van der Waals surface area contributed by atoms with E-state index < -0.39 is 11.1 Å². The van der Waals surface area contributed by atoms with E-state index in [0.29, 0.717) is 43.1 Å². The lowest BCUT2D eigenvalue weighted by Crippen LogP contribution is -2.56. The van der Waals surface area contributed by atoms with Gasteiger partial charge >= 0.3 is 0 Å². The molecule has 0 saturated heterocycles. The molecule has 3 aliphatic rings. The number of fused-ring (bicyclic) bond motifs is 1. The van der Waals surface area contributed by atoms with Crippen LogP contribution < -0.4 is 15.8 Å². The van der Waals surface area contributed by atoms with Gasteiger partial charge in [-0.15, -0.1) is 0 Å². The summed E-state index contributed by atoms with van der Waals surface area (Å²) in [4.78, 5) is 33.1. The first-order valence-electron chi connectivity index (χ1n) is 13.0. The van der Waals surface area contributed by atoms with E-state index >= 15 is 0 Å². The van der Waals surface area contributed by atoms with Gasteiger partial charge in [0.05, 0.1) is 23.0 Å². The summed E-state index contributed by atoms with van der Waals surface area (Å²) in [7, 11) is 1.64. The molecule has 1 aromatic carbocycles. The lowest BCUT2D eigenvalue weighted by atomic mass is 9.87. The van der Waals surface area contributed by atoms with E-state index in [1.165, 1.54) is 0 Å². The Balaban J connectivity index is 1.52. The van der Waals surface area contributed by atoms with Crippen molar-refractivity contribution in [1.82, 2.24) is 10.2 Å². The van der Waals surface area contributed by atoms with Crippen LogP contribution in [0.15, 0.2) is 23.2 Å². The van der Waals surface area contributed by atoms with Crippen molar-refractivity contribution in [3.8, 4) is 5.75 Å². The Morgan fingerprint density at radius 3 is 2.72 bits per heavy atom. The van der Waals surface area contributed by atoms with Crippen LogP contribution in [0, 0.1) is 11.8 Å². The molecule has 9 heteroatoms. The number of benzene rings is 1. The lowest BCUT2D eigenvalue weighted by Gasteiger charge is -2.40. The van der Waals surface area contributed by atoms with Crippen LogP contribution in [0.2, 0.25) is 5.02 Å². The highest BCUT2D eigenvalue weighted by Crippen LogP contribution is 2.48. The number of amides is 2. The maximum atomic E-state index is 13.4. The first kappa shape index (κ1) is 26.7. The number of para-hydroxylation sites is 1. The number of nitrogens with zero attached hydrogens (tertiary/aromatic N) is 2. The molecule has 198 valence electrons. The molecular weight excluding hydrogens is 480 g/mol. The Labute approximate surface area is 218 Å². The smallest absolute Gasteiger partial charge is 0.231 e. The zero-order valence-electron chi connectivity index (χ0n) is 22.0.